The van der Waals surface area contributed by atoms with Gasteiger partial charge in [-0.05, 0) is 31.9 Å². The minimum absolute atomic E-state index is 0.661. The molecule has 0 saturated carbocycles. The molecule has 0 nitrogen and oxygen atoms in total. The third-order valence-electron chi connectivity index (χ3n) is 4.05. The van der Waals surface area contributed by atoms with E-state index in [4.69, 9.17) is 0 Å². The second kappa shape index (κ2) is 6.94. The third-order valence-corrected chi connectivity index (χ3v) is 5.92. The van der Waals surface area contributed by atoms with Crippen LogP contribution in [0.25, 0.3) is 0 Å². The SMILES string of the molecule is Cc1cc(C)c([PH+]=C(c2ccccc2)c2ccccc2)c(C)c1. The second-order valence-electron chi connectivity index (χ2n) is 6.01. The fraction of sp³-hybridized carbons (Fsp3) is 0.136. The molecule has 0 aliphatic heterocycles. The van der Waals surface area contributed by atoms with Gasteiger partial charge in [-0.15, -0.1) is 0 Å². The van der Waals surface area contributed by atoms with Crippen molar-refractivity contribution in [1.29, 1.82) is 0 Å². The van der Waals surface area contributed by atoms with Crippen LogP contribution in [0.4, 0.5) is 0 Å². The van der Waals surface area contributed by atoms with E-state index in [0.29, 0.717) is 8.20 Å². The molecule has 3 rings (SSSR count). The Morgan fingerprint density at radius 1 is 0.652 bits per heavy atom. The Morgan fingerprint density at radius 3 is 1.52 bits per heavy atom. The topological polar surface area (TPSA) is 0 Å². The van der Waals surface area contributed by atoms with E-state index in [9.17, 15) is 0 Å². The van der Waals surface area contributed by atoms with Crippen molar-refractivity contribution in [2.24, 2.45) is 0 Å². The van der Waals surface area contributed by atoms with Crippen molar-refractivity contribution in [1.82, 2.24) is 0 Å². The van der Waals surface area contributed by atoms with Crippen LogP contribution < -0.4 is 5.30 Å². The summed E-state index contributed by atoms with van der Waals surface area (Å²) in [6, 6.07) is 26.1. The van der Waals surface area contributed by atoms with Crippen molar-refractivity contribution in [3.8, 4) is 0 Å². The average molecular weight is 317 g/mol. The monoisotopic (exact) mass is 317 g/mol. The highest BCUT2D eigenvalue weighted by Gasteiger charge is 2.16. The molecule has 23 heavy (non-hydrogen) atoms. The predicted octanol–water partition coefficient (Wildman–Crippen LogP) is 5.18. The van der Waals surface area contributed by atoms with Crippen LogP contribution in [-0.4, -0.2) is 5.29 Å². The lowest BCUT2D eigenvalue weighted by atomic mass is 10.1. The maximum Gasteiger partial charge on any atom is 0.161 e. The van der Waals surface area contributed by atoms with Crippen LogP contribution in [0.3, 0.4) is 0 Å². The molecule has 0 saturated heterocycles. The highest BCUT2D eigenvalue weighted by atomic mass is 31.1. The summed E-state index contributed by atoms with van der Waals surface area (Å²) in [4.78, 5) is 0. The summed E-state index contributed by atoms with van der Waals surface area (Å²) in [6.45, 7) is 6.64. The first-order valence-electron chi connectivity index (χ1n) is 7.98. The maximum absolute atomic E-state index is 2.29. The number of benzene rings is 3. The predicted molar refractivity (Wildman–Crippen MR) is 105 cm³/mol. The molecule has 0 spiro atoms. The fourth-order valence-electron chi connectivity index (χ4n) is 3.02. The van der Waals surface area contributed by atoms with Gasteiger partial charge in [0.25, 0.3) is 0 Å². The van der Waals surface area contributed by atoms with Crippen LogP contribution in [0.15, 0.2) is 72.8 Å². The van der Waals surface area contributed by atoms with Crippen LogP contribution in [0.1, 0.15) is 27.8 Å². The standard InChI is InChI=1S/C22H21P/c1-16-14-17(2)21(18(3)15-16)23-22(19-10-6-4-7-11-19)20-12-8-5-9-13-20/h4-15H,1-3H3/p+1. The Balaban J connectivity index is 2.21. The smallest absolute Gasteiger partial charge is 0.0622 e. The molecule has 1 unspecified atom stereocenters. The van der Waals surface area contributed by atoms with Gasteiger partial charge >= 0.3 is 0 Å². The van der Waals surface area contributed by atoms with Crippen LogP contribution in [0.2, 0.25) is 0 Å². The molecule has 0 heterocycles. The summed E-state index contributed by atoms with van der Waals surface area (Å²) in [5, 5.41) is 2.89. The molecule has 0 amide bonds. The van der Waals surface area contributed by atoms with Gasteiger partial charge in [0.2, 0.25) is 0 Å². The van der Waals surface area contributed by atoms with Gasteiger partial charge < -0.3 is 0 Å². The molecule has 3 aromatic rings. The van der Waals surface area contributed by atoms with E-state index in [2.05, 4.69) is 93.6 Å². The Morgan fingerprint density at radius 2 is 1.09 bits per heavy atom. The zero-order valence-corrected chi connectivity index (χ0v) is 14.9. The summed E-state index contributed by atoms with van der Waals surface area (Å²) in [5.41, 5.74) is 6.76. The van der Waals surface area contributed by atoms with Crippen molar-refractivity contribution >= 4 is 18.8 Å². The molecule has 0 aliphatic rings. The number of hydrogen-bond acceptors (Lipinski definition) is 0. The van der Waals surface area contributed by atoms with E-state index in [1.807, 2.05) is 0 Å². The largest absolute Gasteiger partial charge is 0.161 e. The molecule has 114 valence electrons. The molecule has 0 aliphatic carbocycles. The second-order valence-corrected chi connectivity index (χ2v) is 7.26. The summed E-state index contributed by atoms with van der Waals surface area (Å²) < 4.78 is 0. The molecule has 3 aromatic carbocycles. The summed E-state index contributed by atoms with van der Waals surface area (Å²) in [6.07, 6.45) is 0. The van der Waals surface area contributed by atoms with Crippen molar-refractivity contribution in [3.63, 3.8) is 0 Å². The van der Waals surface area contributed by atoms with Crippen LogP contribution in [0, 0.1) is 20.8 Å². The molecule has 0 N–H and O–H groups in total. The summed E-state index contributed by atoms with van der Waals surface area (Å²) in [5.74, 6) is 0. The third kappa shape index (κ3) is 3.60. The average Bonchev–Trinajstić information content (AvgIpc) is 2.56. The van der Waals surface area contributed by atoms with E-state index < -0.39 is 0 Å². The van der Waals surface area contributed by atoms with E-state index in [1.54, 1.807) is 0 Å². The van der Waals surface area contributed by atoms with E-state index >= 15 is 0 Å². The zero-order valence-electron chi connectivity index (χ0n) is 13.9. The van der Waals surface area contributed by atoms with Crippen molar-refractivity contribution in [2.45, 2.75) is 20.8 Å². The lowest BCUT2D eigenvalue weighted by molar-refractivity contribution is 1.36. The molecule has 1 heteroatoms. The van der Waals surface area contributed by atoms with E-state index in [-0.39, 0.29) is 0 Å². The summed E-state index contributed by atoms with van der Waals surface area (Å²) >= 11 is 0. The molecule has 1 atom stereocenters. The highest BCUT2D eigenvalue weighted by molar-refractivity contribution is 7.50. The van der Waals surface area contributed by atoms with Gasteiger partial charge in [-0.3, -0.25) is 0 Å². The Bertz CT molecular complexity index is 766. The normalized spacial score (nSPS) is 10.7. The maximum atomic E-state index is 2.29. The Hall–Kier alpha value is -2.17. The quantitative estimate of drug-likeness (QED) is 0.584. The van der Waals surface area contributed by atoms with Gasteiger partial charge in [-0.2, -0.15) is 0 Å². The van der Waals surface area contributed by atoms with Gasteiger partial charge in [0.1, 0.15) is 8.20 Å². The minimum atomic E-state index is 0.661. The molecule has 0 fully saturated rings. The fourth-order valence-corrected chi connectivity index (χ4v) is 4.43. The molecule has 0 bridgehead atoms. The van der Waals surface area contributed by atoms with Gasteiger partial charge in [0.05, 0.1) is 0 Å². The van der Waals surface area contributed by atoms with Crippen LogP contribution in [0.5, 0.6) is 0 Å². The zero-order chi connectivity index (χ0) is 16.2. The highest BCUT2D eigenvalue weighted by Crippen LogP contribution is 2.21. The molecular formula is C22H22P+. The van der Waals surface area contributed by atoms with Crippen molar-refractivity contribution < 1.29 is 0 Å². The van der Waals surface area contributed by atoms with Gasteiger partial charge in [-0.1, -0.05) is 78.4 Å². The first-order chi connectivity index (χ1) is 11.1. The molecule has 0 aromatic heterocycles. The van der Waals surface area contributed by atoms with E-state index in [0.717, 1.165) is 0 Å². The first kappa shape index (κ1) is 15.7. The number of aryl methyl sites for hydroxylation is 3. The van der Waals surface area contributed by atoms with Gasteiger partial charge in [0.15, 0.2) is 10.6 Å². The molecular weight excluding hydrogens is 295 g/mol. The van der Waals surface area contributed by atoms with Crippen molar-refractivity contribution in [2.75, 3.05) is 0 Å². The van der Waals surface area contributed by atoms with Crippen molar-refractivity contribution in [3.05, 3.63) is 101 Å². The summed E-state index contributed by atoms with van der Waals surface area (Å²) in [7, 11) is 0.661. The van der Waals surface area contributed by atoms with Gasteiger partial charge in [-0.25, -0.2) is 0 Å². The number of rotatable bonds is 3. The lowest BCUT2D eigenvalue weighted by Gasteiger charge is -2.05. The Kier molecular flexibility index (Phi) is 4.74. The minimum Gasteiger partial charge on any atom is -0.0622 e. The van der Waals surface area contributed by atoms with Gasteiger partial charge in [0, 0.05) is 11.1 Å². The first-order valence-corrected chi connectivity index (χ1v) is 8.98. The lowest BCUT2D eigenvalue weighted by Crippen LogP contribution is -2.09. The van der Waals surface area contributed by atoms with E-state index in [1.165, 1.54) is 38.4 Å². The number of hydrogen-bond donors (Lipinski definition) is 0. The Labute approximate surface area is 140 Å². The van der Waals surface area contributed by atoms with Crippen LogP contribution >= 0.6 is 8.20 Å². The van der Waals surface area contributed by atoms with Crippen LogP contribution in [-0.2, 0) is 0 Å². The molecule has 0 radical (unpaired) electrons.